The highest BCUT2D eigenvalue weighted by Crippen LogP contribution is 2.31. The molecule has 1 N–H and O–H groups in total. The quantitative estimate of drug-likeness (QED) is 0.918. The van der Waals surface area contributed by atoms with E-state index in [0.717, 1.165) is 32.5 Å². The lowest BCUT2D eigenvalue weighted by Gasteiger charge is -2.40. The Hall–Kier alpha value is -1.56. The van der Waals surface area contributed by atoms with Crippen molar-refractivity contribution in [2.75, 3.05) is 19.6 Å². The number of aryl methyl sites for hydroxylation is 1. The van der Waals surface area contributed by atoms with Gasteiger partial charge in [-0.05, 0) is 46.0 Å². The number of carbonyl (C=O) groups excluding carboxylic acids is 1. The number of likely N-dealkylation sites (tertiary alicyclic amines) is 1. The summed E-state index contributed by atoms with van der Waals surface area (Å²) in [5.41, 5.74) is 0.973. The molecule has 1 fully saturated rings. The molecule has 1 aliphatic rings. The Morgan fingerprint density at radius 3 is 2.54 bits per heavy atom. The molecule has 24 heavy (non-hydrogen) atoms. The summed E-state index contributed by atoms with van der Waals surface area (Å²) in [5.74, 6) is 0. The lowest BCUT2D eigenvalue weighted by atomic mass is 9.80. The van der Waals surface area contributed by atoms with Crippen LogP contribution in [0.2, 0.25) is 0 Å². The zero-order chi connectivity index (χ0) is 18.0. The number of nitrogens with zero attached hydrogens (tertiary/aromatic N) is 3. The van der Waals surface area contributed by atoms with Crippen LogP contribution in [0.1, 0.15) is 59.1 Å². The molecule has 0 saturated carbocycles. The van der Waals surface area contributed by atoms with Crippen LogP contribution in [0.5, 0.6) is 0 Å². The van der Waals surface area contributed by atoms with Crippen molar-refractivity contribution in [3.8, 4) is 0 Å². The molecule has 2 heterocycles. The van der Waals surface area contributed by atoms with Gasteiger partial charge in [0.05, 0.1) is 6.20 Å². The third-order valence-corrected chi connectivity index (χ3v) is 4.68. The molecule has 1 aliphatic heterocycles. The maximum atomic E-state index is 12.2. The third-order valence-electron chi connectivity index (χ3n) is 4.68. The highest BCUT2D eigenvalue weighted by Gasteiger charge is 2.33. The maximum Gasteiger partial charge on any atom is 0.410 e. The van der Waals surface area contributed by atoms with Crippen LogP contribution in [0.15, 0.2) is 12.4 Å². The molecule has 1 amide bonds. The first-order valence-electron chi connectivity index (χ1n) is 8.78. The van der Waals surface area contributed by atoms with Crippen LogP contribution in [0, 0.1) is 5.41 Å². The van der Waals surface area contributed by atoms with E-state index in [-0.39, 0.29) is 17.6 Å². The molecule has 0 bridgehead atoms. The number of aromatic nitrogens is 2. The summed E-state index contributed by atoms with van der Waals surface area (Å²) >= 11 is 0. The third kappa shape index (κ3) is 5.23. The minimum absolute atomic E-state index is 0.193. The van der Waals surface area contributed by atoms with Gasteiger partial charge in [-0.2, -0.15) is 5.10 Å². The van der Waals surface area contributed by atoms with Crippen molar-refractivity contribution in [1.29, 1.82) is 0 Å². The van der Waals surface area contributed by atoms with Crippen molar-refractivity contribution in [2.24, 2.45) is 12.5 Å². The summed E-state index contributed by atoms with van der Waals surface area (Å²) in [6.07, 6.45) is 5.73. The molecule has 0 aromatic carbocycles. The fourth-order valence-corrected chi connectivity index (χ4v) is 2.91. The second-order valence-corrected chi connectivity index (χ2v) is 8.33. The molecular weight excluding hydrogens is 304 g/mol. The maximum absolute atomic E-state index is 12.2. The molecule has 1 saturated heterocycles. The van der Waals surface area contributed by atoms with Gasteiger partial charge in [-0.25, -0.2) is 4.79 Å². The van der Waals surface area contributed by atoms with Crippen molar-refractivity contribution in [3.05, 3.63) is 18.0 Å². The smallest absolute Gasteiger partial charge is 0.410 e. The first-order chi connectivity index (χ1) is 11.1. The minimum Gasteiger partial charge on any atom is -0.444 e. The Balaban J connectivity index is 1.80. The average molecular weight is 336 g/mol. The van der Waals surface area contributed by atoms with Crippen molar-refractivity contribution in [1.82, 2.24) is 20.0 Å². The zero-order valence-corrected chi connectivity index (χ0v) is 15.9. The van der Waals surface area contributed by atoms with Crippen LogP contribution in [0.25, 0.3) is 0 Å². The van der Waals surface area contributed by atoms with Crippen molar-refractivity contribution in [3.63, 3.8) is 0 Å². The molecule has 0 spiro atoms. The minimum atomic E-state index is -0.432. The fourth-order valence-electron chi connectivity index (χ4n) is 2.91. The van der Waals surface area contributed by atoms with E-state index in [9.17, 15) is 4.79 Å². The summed E-state index contributed by atoms with van der Waals surface area (Å²) in [6.45, 7) is 12.6. The van der Waals surface area contributed by atoms with Crippen molar-refractivity contribution in [2.45, 2.75) is 59.1 Å². The molecule has 2 rings (SSSR count). The average Bonchev–Trinajstić information content (AvgIpc) is 2.90. The summed E-state index contributed by atoms with van der Waals surface area (Å²) in [5, 5.41) is 7.84. The van der Waals surface area contributed by atoms with E-state index in [0.29, 0.717) is 0 Å². The Kier molecular flexibility index (Phi) is 5.58. The number of carbonyl (C=O) groups is 1. The largest absolute Gasteiger partial charge is 0.444 e. The topological polar surface area (TPSA) is 59.4 Å². The number of hydrogen-bond donors (Lipinski definition) is 1. The normalized spacial score (nSPS) is 19.2. The number of rotatable bonds is 4. The lowest BCUT2D eigenvalue weighted by Crippen LogP contribution is -2.47. The predicted octanol–water partition coefficient (Wildman–Crippen LogP) is 3.11. The van der Waals surface area contributed by atoms with Crippen LogP contribution >= 0.6 is 0 Å². The van der Waals surface area contributed by atoms with Gasteiger partial charge in [0.25, 0.3) is 0 Å². The molecule has 1 atom stereocenters. The summed E-state index contributed by atoms with van der Waals surface area (Å²) in [4.78, 5) is 14.0. The Labute approximate surface area is 145 Å². The van der Waals surface area contributed by atoms with E-state index < -0.39 is 5.60 Å². The summed E-state index contributed by atoms with van der Waals surface area (Å²) in [7, 11) is 1.93. The second-order valence-electron chi connectivity index (χ2n) is 8.33. The number of hydrogen-bond acceptors (Lipinski definition) is 4. The van der Waals surface area contributed by atoms with Gasteiger partial charge >= 0.3 is 6.09 Å². The second kappa shape index (κ2) is 7.13. The van der Waals surface area contributed by atoms with Crippen molar-refractivity contribution < 1.29 is 9.53 Å². The molecule has 1 aromatic rings. The fraction of sp³-hybridized carbons (Fsp3) is 0.778. The molecule has 0 unspecified atom stereocenters. The number of amides is 1. The molecule has 136 valence electrons. The van der Waals surface area contributed by atoms with E-state index in [4.69, 9.17) is 4.74 Å². The highest BCUT2D eigenvalue weighted by atomic mass is 16.6. The summed E-state index contributed by atoms with van der Waals surface area (Å²) in [6, 6.07) is 0.277. The van der Waals surface area contributed by atoms with Crippen LogP contribution in [-0.4, -0.2) is 46.0 Å². The van der Waals surface area contributed by atoms with E-state index in [1.54, 1.807) is 0 Å². The number of piperidine rings is 1. The van der Waals surface area contributed by atoms with Crippen LogP contribution < -0.4 is 5.32 Å². The van der Waals surface area contributed by atoms with Gasteiger partial charge in [0.1, 0.15) is 5.60 Å². The van der Waals surface area contributed by atoms with E-state index in [2.05, 4.69) is 24.3 Å². The van der Waals surface area contributed by atoms with Crippen LogP contribution in [0.3, 0.4) is 0 Å². The monoisotopic (exact) mass is 336 g/mol. The Morgan fingerprint density at radius 2 is 2.04 bits per heavy atom. The van der Waals surface area contributed by atoms with Gasteiger partial charge in [-0.15, -0.1) is 0 Å². The first-order valence-corrected chi connectivity index (χ1v) is 8.78. The standard InChI is InChI=1S/C18H32N4O2/c1-14(15-11-20-21(6)12-15)19-13-18(5)7-9-22(10-8-18)16(23)24-17(2,3)4/h11-12,14,19H,7-10,13H2,1-6H3/t14-/m1/s1. The van der Waals surface area contributed by atoms with Gasteiger partial charge in [-0.3, -0.25) is 4.68 Å². The molecule has 6 nitrogen and oxygen atoms in total. The molecule has 0 radical (unpaired) electrons. The van der Waals surface area contributed by atoms with E-state index in [1.807, 2.05) is 49.8 Å². The van der Waals surface area contributed by atoms with E-state index in [1.165, 1.54) is 5.56 Å². The number of nitrogens with one attached hydrogen (secondary N) is 1. The molecule has 0 aliphatic carbocycles. The summed E-state index contributed by atoms with van der Waals surface area (Å²) < 4.78 is 7.29. The SMILES string of the molecule is C[C@@H](NCC1(C)CCN(C(=O)OC(C)(C)C)CC1)c1cnn(C)c1. The zero-order valence-electron chi connectivity index (χ0n) is 15.9. The number of ether oxygens (including phenoxy) is 1. The predicted molar refractivity (Wildman–Crippen MR) is 94.8 cm³/mol. The van der Waals surface area contributed by atoms with Gasteiger partial charge in [-0.1, -0.05) is 6.92 Å². The van der Waals surface area contributed by atoms with Gasteiger partial charge < -0.3 is 15.0 Å². The molecular formula is C18H32N4O2. The van der Waals surface area contributed by atoms with Crippen molar-refractivity contribution >= 4 is 6.09 Å². The first kappa shape index (κ1) is 18.8. The van der Waals surface area contributed by atoms with Gasteiger partial charge in [0.15, 0.2) is 0 Å². The molecule has 6 heteroatoms. The highest BCUT2D eigenvalue weighted by molar-refractivity contribution is 5.68. The molecule has 1 aromatic heterocycles. The van der Waals surface area contributed by atoms with Crippen LogP contribution in [0.4, 0.5) is 4.79 Å². The lowest BCUT2D eigenvalue weighted by molar-refractivity contribution is 0.0117. The Morgan fingerprint density at radius 1 is 1.42 bits per heavy atom. The van der Waals surface area contributed by atoms with E-state index >= 15 is 0 Å². The van der Waals surface area contributed by atoms with Gasteiger partial charge in [0.2, 0.25) is 0 Å². The van der Waals surface area contributed by atoms with Gasteiger partial charge in [0, 0.05) is 44.5 Å². The Bertz CT molecular complexity index is 554. The van der Waals surface area contributed by atoms with Crippen LogP contribution in [-0.2, 0) is 11.8 Å².